The number of nitrogens with two attached hydrogens (primary N) is 1. The summed E-state index contributed by atoms with van der Waals surface area (Å²) in [4.78, 5) is 13.9. The van der Waals surface area contributed by atoms with Crippen LogP contribution in [0.5, 0.6) is 0 Å². The molecule has 0 aromatic carbocycles. The zero-order chi connectivity index (χ0) is 11.3. The second kappa shape index (κ2) is 7.91. The number of unbranched alkanes of at least 4 members (excludes halogenated alkanes) is 1. The first-order chi connectivity index (χ1) is 7.15. The number of hydrogen-bond acceptors (Lipinski definition) is 2. The smallest absolute Gasteiger partial charge is 0.225 e. The van der Waals surface area contributed by atoms with E-state index in [0.29, 0.717) is 5.91 Å². The molecule has 96 valence electrons. The summed E-state index contributed by atoms with van der Waals surface area (Å²) in [6.45, 7) is 3.04. The second-order valence-electron chi connectivity index (χ2n) is 4.74. The van der Waals surface area contributed by atoms with Gasteiger partial charge in [0.25, 0.3) is 0 Å². The Balaban J connectivity index is 0.00000225. The minimum absolute atomic E-state index is 0. The van der Waals surface area contributed by atoms with E-state index in [0.717, 1.165) is 45.1 Å². The number of halogens is 1. The average Bonchev–Trinajstić information content (AvgIpc) is 2.24. The summed E-state index contributed by atoms with van der Waals surface area (Å²) in [6.07, 6.45) is 6.35. The molecule has 0 aliphatic heterocycles. The lowest BCUT2D eigenvalue weighted by atomic mass is 9.85. The van der Waals surface area contributed by atoms with Crippen molar-refractivity contribution in [2.24, 2.45) is 11.7 Å². The average molecular weight is 249 g/mol. The van der Waals surface area contributed by atoms with E-state index in [1.54, 1.807) is 0 Å². The fraction of sp³-hybridized carbons (Fsp3) is 0.917. The highest BCUT2D eigenvalue weighted by atomic mass is 35.5. The van der Waals surface area contributed by atoms with Crippen molar-refractivity contribution < 1.29 is 4.79 Å². The van der Waals surface area contributed by atoms with E-state index in [-0.39, 0.29) is 24.4 Å². The van der Waals surface area contributed by atoms with E-state index < -0.39 is 0 Å². The zero-order valence-electron chi connectivity index (χ0n) is 10.4. The van der Waals surface area contributed by atoms with Crippen LogP contribution in [0.2, 0.25) is 0 Å². The predicted molar refractivity (Wildman–Crippen MR) is 69.7 cm³/mol. The second-order valence-corrected chi connectivity index (χ2v) is 4.74. The molecular formula is C12H25ClN2O. The van der Waals surface area contributed by atoms with Crippen LogP contribution in [0.1, 0.15) is 45.4 Å². The van der Waals surface area contributed by atoms with E-state index in [9.17, 15) is 4.79 Å². The van der Waals surface area contributed by atoms with E-state index in [2.05, 4.69) is 6.92 Å². The van der Waals surface area contributed by atoms with Gasteiger partial charge in [0.05, 0.1) is 0 Å². The van der Waals surface area contributed by atoms with Gasteiger partial charge in [-0.2, -0.15) is 0 Å². The van der Waals surface area contributed by atoms with Crippen LogP contribution in [-0.4, -0.2) is 30.4 Å². The Morgan fingerprint density at radius 3 is 2.69 bits per heavy atom. The number of nitrogens with zero attached hydrogens (tertiary/aromatic N) is 1. The maximum absolute atomic E-state index is 12.0. The van der Waals surface area contributed by atoms with Crippen molar-refractivity contribution in [1.29, 1.82) is 0 Å². The zero-order valence-corrected chi connectivity index (χ0v) is 11.3. The van der Waals surface area contributed by atoms with Gasteiger partial charge in [0.1, 0.15) is 0 Å². The van der Waals surface area contributed by atoms with Gasteiger partial charge in [-0.3, -0.25) is 4.79 Å². The van der Waals surface area contributed by atoms with Gasteiger partial charge in [-0.1, -0.05) is 19.8 Å². The molecule has 3 nitrogen and oxygen atoms in total. The topological polar surface area (TPSA) is 46.3 Å². The van der Waals surface area contributed by atoms with Gasteiger partial charge in [0.15, 0.2) is 0 Å². The van der Waals surface area contributed by atoms with Crippen molar-refractivity contribution in [2.75, 3.05) is 13.6 Å². The van der Waals surface area contributed by atoms with E-state index in [1.165, 1.54) is 0 Å². The molecule has 1 fully saturated rings. The molecule has 0 radical (unpaired) electrons. The fourth-order valence-electron chi connectivity index (χ4n) is 2.27. The predicted octanol–water partition coefficient (Wildman–Crippen LogP) is 2.18. The largest absolute Gasteiger partial charge is 0.346 e. The Labute approximate surface area is 105 Å². The number of carbonyl (C=O) groups is 1. The van der Waals surface area contributed by atoms with Crippen molar-refractivity contribution in [2.45, 2.75) is 51.5 Å². The molecule has 0 bridgehead atoms. The van der Waals surface area contributed by atoms with Gasteiger partial charge in [-0.05, 0) is 25.7 Å². The Kier molecular flexibility index (Phi) is 7.77. The molecule has 1 rings (SSSR count). The van der Waals surface area contributed by atoms with E-state index >= 15 is 0 Å². The van der Waals surface area contributed by atoms with Crippen molar-refractivity contribution >= 4 is 18.3 Å². The van der Waals surface area contributed by atoms with Gasteiger partial charge >= 0.3 is 0 Å². The standard InChI is InChI=1S/C12H24N2O.ClH/c1-3-4-8-14(2)12(15)10-6-5-7-11(13)9-10;/h10-11H,3-9,13H2,1-2H3;1H. The van der Waals surface area contributed by atoms with Crippen LogP contribution in [0, 0.1) is 5.92 Å². The summed E-state index contributed by atoms with van der Waals surface area (Å²) in [5, 5.41) is 0. The summed E-state index contributed by atoms with van der Waals surface area (Å²) >= 11 is 0. The van der Waals surface area contributed by atoms with Gasteiger partial charge < -0.3 is 10.6 Å². The minimum atomic E-state index is 0. The molecule has 1 amide bonds. The fourth-order valence-corrected chi connectivity index (χ4v) is 2.27. The number of amides is 1. The third kappa shape index (κ3) is 4.71. The van der Waals surface area contributed by atoms with Crippen LogP contribution in [-0.2, 0) is 4.79 Å². The van der Waals surface area contributed by atoms with Crippen LogP contribution in [0.25, 0.3) is 0 Å². The third-order valence-electron chi connectivity index (χ3n) is 3.29. The Hall–Kier alpha value is -0.280. The van der Waals surface area contributed by atoms with Crippen LogP contribution in [0.3, 0.4) is 0 Å². The summed E-state index contributed by atoms with van der Waals surface area (Å²) in [5.41, 5.74) is 5.89. The Morgan fingerprint density at radius 2 is 2.12 bits per heavy atom. The minimum Gasteiger partial charge on any atom is -0.346 e. The van der Waals surface area contributed by atoms with Gasteiger partial charge in [-0.15, -0.1) is 12.4 Å². The first kappa shape index (κ1) is 15.7. The van der Waals surface area contributed by atoms with Crippen molar-refractivity contribution in [3.63, 3.8) is 0 Å². The molecule has 16 heavy (non-hydrogen) atoms. The number of rotatable bonds is 4. The maximum atomic E-state index is 12.0. The normalized spacial score (nSPS) is 24.7. The highest BCUT2D eigenvalue weighted by Crippen LogP contribution is 2.24. The van der Waals surface area contributed by atoms with Crippen LogP contribution < -0.4 is 5.73 Å². The monoisotopic (exact) mass is 248 g/mol. The molecule has 0 aromatic rings. The lowest BCUT2D eigenvalue weighted by molar-refractivity contribution is -0.135. The lowest BCUT2D eigenvalue weighted by Gasteiger charge is -2.29. The van der Waals surface area contributed by atoms with E-state index in [4.69, 9.17) is 5.73 Å². The molecule has 0 heterocycles. The Morgan fingerprint density at radius 1 is 1.44 bits per heavy atom. The molecule has 0 aromatic heterocycles. The molecule has 1 aliphatic carbocycles. The summed E-state index contributed by atoms with van der Waals surface area (Å²) < 4.78 is 0. The number of carbonyl (C=O) groups excluding carboxylic acids is 1. The van der Waals surface area contributed by atoms with Gasteiger partial charge in [-0.25, -0.2) is 0 Å². The van der Waals surface area contributed by atoms with Crippen LogP contribution in [0.4, 0.5) is 0 Å². The molecule has 2 N–H and O–H groups in total. The lowest BCUT2D eigenvalue weighted by Crippen LogP contribution is -2.39. The first-order valence-corrected chi connectivity index (χ1v) is 6.15. The molecule has 0 saturated heterocycles. The first-order valence-electron chi connectivity index (χ1n) is 6.15. The molecule has 2 unspecified atom stereocenters. The molecule has 1 saturated carbocycles. The molecule has 2 atom stereocenters. The van der Waals surface area contributed by atoms with Crippen molar-refractivity contribution in [1.82, 2.24) is 4.90 Å². The third-order valence-corrected chi connectivity index (χ3v) is 3.29. The quantitative estimate of drug-likeness (QED) is 0.829. The van der Waals surface area contributed by atoms with E-state index in [1.807, 2.05) is 11.9 Å². The summed E-state index contributed by atoms with van der Waals surface area (Å²) in [5.74, 6) is 0.495. The Bertz CT molecular complexity index is 211. The summed E-state index contributed by atoms with van der Waals surface area (Å²) in [6, 6.07) is 0.243. The molecular weight excluding hydrogens is 224 g/mol. The van der Waals surface area contributed by atoms with Crippen molar-refractivity contribution in [3.8, 4) is 0 Å². The van der Waals surface area contributed by atoms with Gasteiger partial charge in [0, 0.05) is 25.6 Å². The highest BCUT2D eigenvalue weighted by Gasteiger charge is 2.27. The summed E-state index contributed by atoms with van der Waals surface area (Å²) in [7, 11) is 1.91. The van der Waals surface area contributed by atoms with Crippen molar-refractivity contribution in [3.05, 3.63) is 0 Å². The highest BCUT2D eigenvalue weighted by molar-refractivity contribution is 5.85. The SMILES string of the molecule is CCCCN(C)C(=O)C1CCCC(N)C1.Cl. The molecule has 1 aliphatic rings. The molecule has 4 heteroatoms. The van der Waals surface area contributed by atoms with Crippen LogP contribution >= 0.6 is 12.4 Å². The molecule has 0 spiro atoms. The number of hydrogen-bond donors (Lipinski definition) is 1. The van der Waals surface area contributed by atoms with Gasteiger partial charge in [0.2, 0.25) is 5.91 Å². The van der Waals surface area contributed by atoms with Crippen LogP contribution in [0.15, 0.2) is 0 Å². The maximum Gasteiger partial charge on any atom is 0.225 e.